The van der Waals surface area contributed by atoms with Crippen LogP contribution in [-0.2, 0) is 0 Å². The van der Waals surface area contributed by atoms with Crippen LogP contribution in [0.4, 0.5) is 11.5 Å². The Morgan fingerprint density at radius 3 is 2.75 bits per heavy atom. The van der Waals surface area contributed by atoms with E-state index in [1.165, 1.54) is 6.20 Å². The number of aliphatic hydroxyl groups excluding tert-OH is 1. The van der Waals surface area contributed by atoms with Gasteiger partial charge in [0, 0.05) is 6.20 Å². The van der Waals surface area contributed by atoms with E-state index in [2.05, 4.69) is 10.3 Å². The molecular weight excluding hydrogens is 204 g/mol. The van der Waals surface area contributed by atoms with Gasteiger partial charge in [0.2, 0.25) is 0 Å². The van der Waals surface area contributed by atoms with E-state index >= 15 is 0 Å². The number of nitrogens with two attached hydrogens (primary N) is 1. The number of rotatable bonds is 3. The smallest absolute Gasteiger partial charge is 0.151 e. The van der Waals surface area contributed by atoms with Crippen LogP contribution in [0, 0.1) is 11.3 Å². The Balaban J connectivity index is 3.04. The topological polar surface area (TPSA) is 95.0 Å². The third kappa shape index (κ3) is 2.41. The molecule has 0 aliphatic carbocycles. The summed E-state index contributed by atoms with van der Waals surface area (Å²) in [5.41, 5.74) is 5.89. The Hall–Kier alpha value is -1.80. The Labute approximate surface area is 94.9 Å². The molecule has 5 nitrogen and oxygen atoms in total. The molecule has 4 N–H and O–H groups in total. The fourth-order valence-electron chi connectivity index (χ4n) is 1.08. The van der Waals surface area contributed by atoms with Gasteiger partial charge in [0.05, 0.1) is 22.9 Å². The minimum atomic E-state index is -0.570. The second-order valence-electron chi connectivity index (χ2n) is 4.26. The number of nitriles is 1. The summed E-state index contributed by atoms with van der Waals surface area (Å²) in [5.74, 6) is 0.421. The van der Waals surface area contributed by atoms with Gasteiger partial charge in [0.15, 0.2) is 5.82 Å². The molecule has 0 saturated carbocycles. The van der Waals surface area contributed by atoms with Gasteiger partial charge in [0.25, 0.3) is 0 Å². The molecule has 0 bridgehead atoms. The first-order valence-corrected chi connectivity index (χ1v) is 4.99. The zero-order valence-corrected chi connectivity index (χ0v) is 9.65. The molecule has 0 radical (unpaired) electrons. The standard InChI is InChI=1S/C11H16N4O/c1-7(16)11(2,3)15-10-9(13)8(6-12)4-5-14-10/h4-5,7,16H,13H2,1-3H3,(H,14,15). The van der Waals surface area contributed by atoms with Crippen molar-refractivity contribution >= 4 is 11.5 Å². The molecule has 0 aliphatic heterocycles. The molecular formula is C11H16N4O. The summed E-state index contributed by atoms with van der Waals surface area (Å²) < 4.78 is 0. The van der Waals surface area contributed by atoms with Crippen molar-refractivity contribution < 1.29 is 5.11 Å². The van der Waals surface area contributed by atoms with Crippen LogP contribution in [0.5, 0.6) is 0 Å². The van der Waals surface area contributed by atoms with Crippen molar-refractivity contribution in [2.75, 3.05) is 11.1 Å². The second kappa shape index (κ2) is 4.37. The minimum absolute atomic E-state index is 0.304. The van der Waals surface area contributed by atoms with E-state index in [1.54, 1.807) is 13.0 Å². The number of nitrogens with zero attached hydrogens (tertiary/aromatic N) is 2. The quantitative estimate of drug-likeness (QED) is 0.709. The molecule has 0 spiro atoms. The van der Waals surface area contributed by atoms with E-state index in [0.717, 1.165) is 0 Å². The van der Waals surface area contributed by atoms with E-state index in [9.17, 15) is 5.11 Å². The maximum Gasteiger partial charge on any atom is 0.151 e. The maximum absolute atomic E-state index is 9.56. The first-order chi connectivity index (χ1) is 7.38. The van der Waals surface area contributed by atoms with Gasteiger partial charge < -0.3 is 16.2 Å². The maximum atomic E-state index is 9.56. The molecule has 1 heterocycles. The second-order valence-corrected chi connectivity index (χ2v) is 4.26. The van der Waals surface area contributed by atoms with Crippen LogP contribution in [0.15, 0.2) is 12.3 Å². The van der Waals surface area contributed by atoms with E-state index in [-0.39, 0.29) is 0 Å². The molecule has 86 valence electrons. The Morgan fingerprint density at radius 2 is 2.25 bits per heavy atom. The van der Waals surface area contributed by atoms with Crippen molar-refractivity contribution in [2.45, 2.75) is 32.4 Å². The van der Waals surface area contributed by atoms with E-state index in [4.69, 9.17) is 11.0 Å². The zero-order valence-electron chi connectivity index (χ0n) is 9.65. The summed E-state index contributed by atoms with van der Waals surface area (Å²) in [4.78, 5) is 4.06. The predicted octanol–water partition coefficient (Wildman–Crippen LogP) is 1.11. The number of hydrogen-bond acceptors (Lipinski definition) is 5. The van der Waals surface area contributed by atoms with Gasteiger partial charge in [-0.3, -0.25) is 0 Å². The first kappa shape index (κ1) is 12.3. The first-order valence-electron chi connectivity index (χ1n) is 4.99. The Morgan fingerprint density at radius 1 is 1.62 bits per heavy atom. The van der Waals surface area contributed by atoms with Gasteiger partial charge in [-0.05, 0) is 26.8 Å². The predicted molar refractivity (Wildman–Crippen MR) is 62.7 cm³/mol. The highest BCUT2D eigenvalue weighted by atomic mass is 16.3. The van der Waals surface area contributed by atoms with Gasteiger partial charge in [-0.1, -0.05) is 0 Å². The lowest BCUT2D eigenvalue weighted by molar-refractivity contribution is 0.133. The summed E-state index contributed by atoms with van der Waals surface area (Å²) in [6.45, 7) is 5.34. The number of hydrogen-bond donors (Lipinski definition) is 3. The molecule has 1 rings (SSSR count). The minimum Gasteiger partial charge on any atom is -0.395 e. The van der Waals surface area contributed by atoms with Crippen LogP contribution in [0.3, 0.4) is 0 Å². The van der Waals surface area contributed by atoms with Crippen molar-refractivity contribution in [3.8, 4) is 6.07 Å². The van der Waals surface area contributed by atoms with Crippen LogP contribution in [0.25, 0.3) is 0 Å². The molecule has 16 heavy (non-hydrogen) atoms. The van der Waals surface area contributed by atoms with E-state index < -0.39 is 11.6 Å². The van der Waals surface area contributed by atoms with Gasteiger partial charge in [-0.25, -0.2) is 4.98 Å². The highest BCUT2D eigenvalue weighted by Crippen LogP contribution is 2.24. The SMILES string of the molecule is CC(O)C(C)(C)Nc1nccc(C#N)c1N. The van der Waals surface area contributed by atoms with Crippen molar-refractivity contribution in [3.63, 3.8) is 0 Å². The molecule has 1 aromatic heterocycles. The molecule has 0 aliphatic rings. The number of anilines is 2. The van der Waals surface area contributed by atoms with Crippen molar-refractivity contribution in [2.24, 2.45) is 0 Å². The largest absolute Gasteiger partial charge is 0.395 e. The number of aromatic nitrogens is 1. The Kier molecular flexibility index (Phi) is 3.35. The number of pyridine rings is 1. The lowest BCUT2D eigenvalue weighted by Gasteiger charge is -2.30. The summed E-state index contributed by atoms with van der Waals surface area (Å²) >= 11 is 0. The average Bonchev–Trinajstić information content (AvgIpc) is 2.20. The average molecular weight is 220 g/mol. The fraction of sp³-hybridized carbons (Fsp3) is 0.455. The van der Waals surface area contributed by atoms with Crippen LogP contribution < -0.4 is 11.1 Å². The highest BCUT2D eigenvalue weighted by molar-refractivity contribution is 5.69. The van der Waals surface area contributed by atoms with Crippen molar-refractivity contribution in [3.05, 3.63) is 17.8 Å². The summed E-state index contributed by atoms with van der Waals surface area (Å²) in [6, 6.07) is 3.53. The molecule has 1 aromatic rings. The molecule has 5 heteroatoms. The number of aliphatic hydroxyl groups is 1. The van der Waals surface area contributed by atoms with Gasteiger partial charge in [-0.15, -0.1) is 0 Å². The molecule has 0 fully saturated rings. The molecule has 0 aromatic carbocycles. The molecule has 0 saturated heterocycles. The van der Waals surface area contributed by atoms with Gasteiger partial charge >= 0.3 is 0 Å². The molecule has 1 unspecified atom stereocenters. The third-order valence-corrected chi connectivity index (χ3v) is 2.60. The van der Waals surface area contributed by atoms with Crippen LogP contribution in [0.2, 0.25) is 0 Å². The third-order valence-electron chi connectivity index (χ3n) is 2.60. The van der Waals surface area contributed by atoms with Crippen LogP contribution in [-0.4, -0.2) is 21.7 Å². The van der Waals surface area contributed by atoms with Crippen molar-refractivity contribution in [1.82, 2.24) is 4.98 Å². The van der Waals surface area contributed by atoms with Gasteiger partial charge in [-0.2, -0.15) is 5.26 Å². The van der Waals surface area contributed by atoms with Crippen LogP contribution in [0.1, 0.15) is 26.3 Å². The van der Waals surface area contributed by atoms with E-state index in [0.29, 0.717) is 17.1 Å². The highest BCUT2D eigenvalue weighted by Gasteiger charge is 2.25. The Bertz CT molecular complexity index is 420. The summed E-state index contributed by atoms with van der Waals surface area (Å²) in [6.07, 6.45) is 0.939. The number of nitrogen functional groups attached to an aromatic ring is 1. The zero-order chi connectivity index (χ0) is 12.3. The van der Waals surface area contributed by atoms with Gasteiger partial charge in [0.1, 0.15) is 6.07 Å². The summed E-state index contributed by atoms with van der Waals surface area (Å²) in [7, 11) is 0. The lowest BCUT2D eigenvalue weighted by atomic mass is 9.98. The number of nitrogens with one attached hydrogen (secondary N) is 1. The lowest BCUT2D eigenvalue weighted by Crippen LogP contribution is -2.42. The molecule has 1 atom stereocenters. The van der Waals surface area contributed by atoms with E-state index in [1.807, 2.05) is 19.9 Å². The summed E-state index contributed by atoms with van der Waals surface area (Å²) in [5, 5.41) is 21.4. The van der Waals surface area contributed by atoms with Crippen LogP contribution >= 0.6 is 0 Å². The fourth-order valence-corrected chi connectivity index (χ4v) is 1.08. The monoisotopic (exact) mass is 220 g/mol. The van der Waals surface area contributed by atoms with Crippen molar-refractivity contribution in [1.29, 1.82) is 5.26 Å². The normalized spacial score (nSPS) is 12.9. The molecule has 0 amide bonds.